The average Bonchev–Trinajstić information content (AvgIpc) is 1.88. The zero-order valence-corrected chi connectivity index (χ0v) is 5.85. The number of rotatable bonds is 0. The predicted octanol–water partition coefficient (Wildman–Crippen LogP) is 1.73. The molecule has 2 heteroatoms. The normalized spacial score (nSPS) is 18.4. The van der Waals surface area contributed by atoms with E-state index < -0.39 is 0 Å². The first-order chi connectivity index (χ1) is 4.33. The third-order valence-electron chi connectivity index (χ3n) is 1.33. The van der Waals surface area contributed by atoms with Crippen molar-refractivity contribution in [1.82, 2.24) is 0 Å². The molecule has 9 heavy (non-hydrogen) atoms. The maximum absolute atomic E-state index is 4.97. The molecule has 0 aliphatic carbocycles. The first-order valence-electron chi connectivity index (χ1n) is 3.11. The van der Waals surface area contributed by atoms with Crippen molar-refractivity contribution in [3.05, 3.63) is 11.8 Å². The molecule has 0 saturated heterocycles. The summed E-state index contributed by atoms with van der Waals surface area (Å²) in [5.74, 6) is 0.856. The average molecular weight is 125 g/mol. The largest absolute Gasteiger partial charge is 0.484 e. The Morgan fingerprint density at radius 1 is 1.67 bits per heavy atom. The molecule has 0 aromatic carbocycles. The third-order valence-corrected chi connectivity index (χ3v) is 1.33. The van der Waals surface area contributed by atoms with Gasteiger partial charge in [-0.2, -0.15) is 0 Å². The van der Waals surface area contributed by atoms with Gasteiger partial charge in [0, 0.05) is 12.1 Å². The molecule has 0 spiro atoms. The van der Waals surface area contributed by atoms with Gasteiger partial charge in [0.25, 0.3) is 0 Å². The Morgan fingerprint density at radius 3 is 2.89 bits per heavy atom. The van der Waals surface area contributed by atoms with Crippen LogP contribution in [0.2, 0.25) is 0 Å². The fourth-order valence-electron chi connectivity index (χ4n) is 0.850. The van der Waals surface area contributed by atoms with E-state index in [9.17, 15) is 0 Å². The quantitative estimate of drug-likeness (QED) is 0.483. The van der Waals surface area contributed by atoms with Crippen molar-refractivity contribution < 1.29 is 4.74 Å². The minimum absolute atomic E-state index is 0.856. The van der Waals surface area contributed by atoms with Gasteiger partial charge in [0.05, 0.1) is 7.11 Å². The molecule has 0 aromatic rings. The molecule has 2 nitrogen and oxygen atoms in total. The molecule has 0 aromatic heterocycles. The van der Waals surface area contributed by atoms with E-state index >= 15 is 0 Å². The second kappa shape index (κ2) is 2.67. The van der Waals surface area contributed by atoms with Crippen molar-refractivity contribution in [2.24, 2.45) is 4.99 Å². The summed E-state index contributed by atoms with van der Waals surface area (Å²) in [4.78, 5) is 4.16. The maximum Gasteiger partial charge on any atom is 0.188 e. The molecule has 0 fully saturated rings. The molecule has 1 aliphatic heterocycles. The van der Waals surface area contributed by atoms with Gasteiger partial charge in [0.15, 0.2) is 5.90 Å². The zero-order valence-electron chi connectivity index (χ0n) is 5.85. The summed E-state index contributed by atoms with van der Waals surface area (Å²) in [6.45, 7) is 1.98. The monoisotopic (exact) mass is 125 g/mol. The predicted molar refractivity (Wildman–Crippen MR) is 37.4 cm³/mol. The van der Waals surface area contributed by atoms with Crippen LogP contribution in [0.25, 0.3) is 0 Å². The van der Waals surface area contributed by atoms with Crippen LogP contribution >= 0.6 is 0 Å². The Balaban J connectivity index is 2.63. The van der Waals surface area contributed by atoms with Crippen LogP contribution in [0.1, 0.15) is 19.8 Å². The summed E-state index contributed by atoms with van der Waals surface area (Å²) in [6, 6.07) is 0. The van der Waals surface area contributed by atoms with Gasteiger partial charge in [0.2, 0.25) is 0 Å². The second-order valence-electron chi connectivity index (χ2n) is 2.09. The lowest BCUT2D eigenvalue weighted by molar-refractivity contribution is 0.388. The Labute approximate surface area is 55.2 Å². The molecular weight excluding hydrogens is 114 g/mol. The summed E-state index contributed by atoms with van der Waals surface area (Å²) in [6.07, 6.45) is 4.13. The van der Waals surface area contributed by atoms with E-state index in [1.54, 1.807) is 7.11 Å². The number of hydrogen-bond acceptors (Lipinski definition) is 2. The minimum atomic E-state index is 0.856. The van der Waals surface area contributed by atoms with E-state index in [2.05, 4.69) is 11.1 Å². The molecule has 0 radical (unpaired) electrons. The van der Waals surface area contributed by atoms with Gasteiger partial charge in [-0.25, -0.2) is 4.99 Å². The lowest BCUT2D eigenvalue weighted by atomic mass is 10.2. The smallest absolute Gasteiger partial charge is 0.188 e. The summed E-state index contributed by atoms with van der Waals surface area (Å²) in [5, 5.41) is 0. The lowest BCUT2D eigenvalue weighted by Crippen LogP contribution is -2.03. The van der Waals surface area contributed by atoms with Crippen LogP contribution in [0.4, 0.5) is 0 Å². The van der Waals surface area contributed by atoms with E-state index in [1.807, 2.05) is 6.92 Å². The van der Waals surface area contributed by atoms with Crippen molar-refractivity contribution >= 4 is 5.90 Å². The maximum atomic E-state index is 4.97. The van der Waals surface area contributed by atoms with Crippen LogP contribution in [0.5, 0.6) is 0 Å². The molecule has 1 heterocycles. The number of hydrogen-bond donors (Lipinski definition) is 0. The Morgan fingerprint density at radius 2 is 2.44 bits per heavy atom. The van der Waals surface area contributed by atoms with Gasteiger partial charge in [-0.3, -0.25) is 0 Å². The van der Waals surface area contributed by atoms with Gasteiger partial charge in [-0.05, 0) is 13.3 Å². The lowest BCUT2D eigenvalue weighted by Gasteiger charge is -2.07. The Bertz CT molecular complexity index is 158. The van der Waals surface area contributed by atoms with Gasteiger partial charge in [-0.15, -0.1) is 0 Å². The Hall–Kier alpha value is -0.790. The molecule has 0 amide bonds. The number of aliphatic imine (C=N–C) groups is 1. The van der Waals surface area contributed by atoms with Crippen LogP contribution in [0.3, 0.4) is 0 Å². The summed E-state index contributed by atoms with van der Waals surface area (Å²) in [7, 11) is 1.66. The third kappa shape index (κ3) is 1.56. The van der Waals surface area contributed by atoms with Crippen LogP contribution in [0.15, 0.2) is 16.8 Å². The van der Waals surface area contributed by atoms with Crippen molar-refractivity contribution in [3.63, 3.8) is 0 Å². The van der Waals surface area contributed by atoms with E-state index in [0.29, 0.717) is 0 Å². The second-order valence-corrected chi connectivity index (χ2v) is 2.09. The highest BCUT2D eigenvalue weighted by atomic mass is 16.5. The van der Waals surface area contributed by atoms with Crippen molar-refractivity contribution in [2.45, 2.75) is 19.8 Å². The van der Waals surface area contributed by atoms with Gasteiger partial charge >= 0.3 is 0 Å². The fourth-order valence-corrected chi connectivity index (χ4v) is 0.850. The molecule has 0 unspecified atom stereocenters. The van der Waals surface area contributed by atoms with E-state index in [0.717, 1.165) is 24.4 Å². The van der Waals surface area contributed by atoms with Crippen molar-refractivity contribution in [1.29, 1.82) is 0 Å². The van der Waals surface area contributed by atoms with E-state index in [-0.39, 0.29) is 0 Å². The van der Waals surface area contributed by atoms with E-state index in [1.165, 1.54) is 0 Å². The molecule has 1 aliphatic rings. The number of methoxy groups -OCH3 is 1. The number of allylic oxidation sites excluding steroid dienone is 2. The topological polar surface area (TPSA) is 21.6 Å². The van der Waals surface area contributed by atoms with Gasteiger partial charge in [-0.1, -0.05) is 6.08 Å². The van der Waals surface area contributed by atoms with E-state index in [4.69, 9.17) is 4.74 Å². The van der Waals surface area contributed by atoms with Crippen LogP contribution in [-0.2, 0) is 4.74 Å². The SMILES string of the molecule is COC1=NC(C)=CCC1. The van der Waals surface area contributed by atoms with Gasteiger partial charge < -0.3 is 4.74 Å². The highest BCUT2D eigenvalue weighted by Crippen LogP contribution is 2.09. The molecule has 0 bridgehead atoms. The number of ether oxygens (including phenoxy) is 1. The highest BCUT2D eigenvalue weighted by Gasteiger charge is 2.01. The van der Waals surface area contributed by atoms with Crippen molar-refractivity contribution in [3.8, 4) is 0 Å². The molecule has 0 N–H and O–H groups in total. The van der Waals surface area contributed by atoms with Crippen LogP contribution < -0.4 is 0 Å². The molecule has 50 valence electrons. The molecular formula is C7H11NO. The van der Waals surface area contributed by atoms with Gasteiger partial charge in [0.1, 0.15) is 0 Å². The summed E-state index contributed by atoms with van der Waals surface area (Å²) < 4.78 is 4.97. The Kier molecular flexibility index (Phi) is 1.88. The molecule has 0 saturated carbocycles. The summed E-state index contributed by atoms with van der Waals surface area (Å²) >= 11 is 0. The van der Waals surface area contributed by atoms with Crippen LogP contribution in [-0.4, -0.2) is 13.0 Å². The first-order valence-corrected chi connectivity index (χ1v) is 3.11. The van der Waals surface area contributed by atoms with Crippen LogP contribution in [0, 0.1) is 0 Å². The number of nitrogens with zero attached hydrogens (tertiary/aromatic N) is 1. The molecule has 0 atom stereocenters. The first kappa shape index (κ1) is 6.33. The molecule has 1 rings (SSSR count). The zero-order chi connectivity index (χ0) is 6.69. The summed E-state index contributed by atoms with van der Waals surface area (Å²) in [5.41, 5.74) is 1.07. The standard InChI is InChI=1S/C7H11NO/c1-6-4-3-5-7(8-6)9-2/h4H,3,5H2,1-2H3. The fraction of sp³-hybridized carbons (Fsp3) is 0.571. The highest BCUT2D eigenvalue weighted by molar-refractivity contribution is 5.78. The van der Waals surface area contributed by atoms with Crippen molar-refractivity contribution in [2.75, 3.05) is 7.11 Å². The minimum Gasteiger partial charge on any atom is -0.484 e.